The van der Waals surface area contributed by atoms with E-state index in [0.717, 1.165) is 55.3 Å². The smallest absolute Gasteiger partial charge is 0.220 e. The lowest BCUT2D eigenvalue weighted by Crippen LogP contribution is -2.40. The summed E-state index contributed by atoms with van der Waals surface area (Å²) in [5.41, 5.74) is 2.09. The van der Waals surface area contributed by atoms with Crippen molar-refractivity contribution in [2.45, 2.75) is 59.7 Å². The molecule has 2 aromatic heterocycles. The van der Waals surface area contributed by atoms with Crippen LogP contribution in [0.1, 0.15) is 48.9 Å². The van der Waals surface area contributed by atoms with Crippen molar-refractivity contribution < 1.29 is 13.7 Å². The van der Waals surface area contributed by atoms with Crippen LogP contribution in [-0.4, -0.2) is 45.0 Å². The van der Waals surface area contributed by atoms with Gasteiger partial charge in [-0.25, -0.2) is 4.98 Å². The van der Waals surface area contributed by atoms with Crippen molar-refractivity contribution in [2.75, 3.05) is 13.1 Å². The largest absolute Gasteiger partial charge is 0.444 e. The van der Waals surface area contributed by atoms with Gasteiger partial charge in [0.15, 0.2) is 0 Å². The highest BCUT2D eigenvalue weighted by Crippen LogP contribution is 2.22. The first kappa shape index (κ1) is 17.7. The van der Waals surface area contributed by atoms with Crippen LogP contribution in [-0.2, 0) is 24.3 Å². The van der Waals surface area contributed by atoms with Crippen molar-refractivity contribution >= 4 is 5.91 Å². The molecule has 0 spiro atoms. The van der Waals surface area contributed by atoms with Gasteiger partial charge >= 0.3 is 0 Å². The van der Waals surface area contributed by atoms with Crippen molar-refractivity contribution in [3.63, 3.8) is 0 Å². The molecule has 136 valence electrons. The zero-order valence-corrected chi connectivity index (χ0v) is 15.4. The van der Waals surface area contributed by atoms with Crippen molar-refractivity contribution in [1.82, 2.24) is 19.9 Å². The maximum absolute atomic E-state index is 12.2. The van der Waals surface area contributed by atoms with Crippen LogP contribution in [0.5, 0.6) is 0 Å². The normalized spacial score (nSPS) is 18.0. The minimum Gasteiger partial charge on any atom is -0.444 e. The first-order chi connectivity index (χ1) is 12.0. The molecule has 7 nitrogen and oxygen atoms in total. The molecule has 3 heterocycles. The molecular formula is C18H26N4O3. The molecule has 7 heteroatoms. The molecule has 1 aliphatic heterocycles. The predicted octanol–water partition coefficient (Wildman–Crippen LogP) is 2.46. The van der Waals surface area contributed by atoms with E-state index in [4.69, 9.17) is 8.94 Å². The van der Waals surface area contributed by atoms with Gasteiger partial charge in [-0.1, -0.05) is 12.1 Å². The topological polar surface area (TPSA) is 75.6 Å². The summed E-state index contributed by atoms with van der Waals surface area (Å²) >= 11 is 0. The standard InChI is InChI=1S/C18H26N4O3/c1-5-16-8-19-18(24-16)11-22(14(4)23)15-6-7-21(9-15)10-17-12(2)20-25-13(17)3/h8,15H,5-7,9-11H2,1-4H3. The molecule has 0 saturated carbocycles. The highest BCUT2D eigenvalue weighted by molar-refractivity contribution is 5.73. The van der Waals surface area contributed by atoms with Gasteiger partial charge < -0.3 is 13.8 Å². The van der Waals surface area contributed by atoms with E-state index >= 15 is 0 Å². The fraction of sp³-hybridized carbons (Fsp3) is 0.611. The number of aromatic nitrogens is 2. The number of nitrogens with zero attached hydrogens (tertiary/aromatic N) is 4. The van der Waals surface area contributed by atoms with Gasteiger partial charge in [0.25, 0.3) is 0 Å². The zero-order chi connectivity index (χ0) is 18.0. The van der Waals surface area contributed by atoms with Crippen molar-refractivity contribution in [1.29, 1.82) is 0 Å². The molecule has 3 rings (SSSR count). The van der Waals surface area contributed by atoms with E-state index in [1.54, 1.807) is 13.1 Å². The van der Waals surface area contributed by atoms with Crippen LogP contribution in [0.25, 0.3) is 0 Å². The number of oxazole rings is 1. The molecule has 0 aromatic carbocycles. The van der Waals surface area contributed by atoms with Crippen LogP contribution in [0.15, 0.2) is 15.1 Å². The number of carbonyl (C=O) groups is 1. The van der Waals surface area contributed by atoms with E-state index in [-0.39, 0.29) is 11.9 Å². The summed E-state index contributed by atoms with van der Waals surface area (Å²) in [5, 5.41) is 4.02. The van der Waals surface area contributed by atoms with Gasteiger partial charge in [0.05, 0.1) is 18.4 Å². The summed E-state index contributed by atoms with van der Waals surface area (Å²) in [7, 11) is 0. The van der Waals surface area contributed by atoms with E-state index in [9.17, 15) is 4.79 Å². The quantitative estimate of drug-likeness (QED) is 0.800. The average molecular weight is 346 g/mol. The molecular weight excluding hydrogens is 320 g/mol. The maximum Gasteiger partial charge on any atom is 0.220 e. The Morgan fingerprint density at radius 1 is 1.44 bits per heavy atom. The van der Waals surface area contributed by atoms with E-state index in [1.165, 1.54) is 0 Å². The molecule has 1 amide bonds. The summed E-state index contributed by atoms with van der Waals surface area (Å²) in [4.78, 5) is 20.7. The van der Waals surface area contributed by atoms with Gasteiger partial charge in [-0.15, -0.1) is 0 Å². The van der Waals surface area contributed by atoms with Crippen molar-refractivity contribution in [3.8, 4) is 0 Å². The number of hydrogen-bond donors (Lipinski definition) is 0. The van der Waals surface area contributed by atoms with Crippen molar-refractivity contribution in [2.24, 2.45) is 0 Å². The molecule has 0 radical (unpaired) electrons. The molecule has 2 aromatic rings. The lowest BCUT2D eigenvalue weighted by atomic mass is 10.2. The van der Waals surface area contributed by atoms with Crippen LogP contribution in [0, 0.1) is 13.8 Å². The van der Waals surface area contributed by atoms with E-state index in [2.05, 4.69) is 15.0 Å². The number of amides is 1. The molecule has 1 fully saturated rings. The summed E-state index contributed by atoms with van der Waals surface area (Å²) in [5.74, 6) is 2.39. The minimum atomic E-state index is 0.0560. The van der Waals surface area contributed by atoms with Crippen LogP contribution < -0.4 is 0 Å². The van der Waals surface area contributed by atoms with Gasteiger partial charge in [-0.05, 0) is 20.3 Å². The summed E-state index contributed by atoms with van der Waals surface area (Å²) in [6.45, 7) is 10.6. The van der Waals surface area contributed by atoms with E-state index in [0.29, 0.717) is 12.4 Å². The third kappa shape index (κ3) is 3.92. The van der Waals surface area contributed by atoms with Gasteiger partial charge in [0.1, 0.15) is 11.5 Å². The highest BCUT2D eigenvalue weighted by atomic mass is 16.5. The third-order valence-corrected chi connectivity index (χ3v) is 4.91. The SMILES string of the molecule is CCc1cnc(CN(C(C)=O)C2CCN(Cc3c(C)noc3C)C2)o1. The maximum atomic E-state index is 12.2. The third-order valence-electron chi connectivity index (χ3n) is 4.91. The number of carbonyl (C=O) groups excluding carboxylic acids is 1. The molecule has 1 unspecified atom stereocenters. The Bertz CT molecular complexity index is 717. The number of aryl methyl sites for hydroxylation is 3. The average Bonchev–Trinajstić information content (AvgIpc) is 3.29. The van der Waals surface area contributed by atoms with Crippen molar-refractivity contribution in [3.05, 3.63) is 34.9 Å². The fourth-order valence-corrected chi connectivity index (χ4v) is 3.39. The molecule has 1 aliphatic rings. The van der Waals surface area contributed by atoms with Gasteiger partial charge in [-0.3, -0.25) is 9.69 Å². The van der Waals surface area contributed by atoms with Crippen LogP contribution in [0.4, 0.5) is 0 Å². The molecule has 25 heavy (non-hydrogen) atoms. The van der Waals surface area contributed by atoms with E-state index < -0.39 is 0 Å². The molecule has 0 N–H and O–H groups in total. The molecule has 1 atom stereocenters. The van der Waals surface area contributed by atoms with E-state index in [1.807, 2.05) is 25.7 Å². The summed E-state index contributed by atoms with van der Waals surface area (Å²) < 4.78 is 10.9. The minimum absolute atomic E-state index is 0.0560. The predicted molar refractivity (Wildman–Crippen MR) is 91.8 cm³/mol. The summed E-state index contributed by atoms with van der Waals surface area (Å²) in [6, 6.07) is 0.176. The van der Waals surface area contributed by atoms with Gasteiger partial charge in [-0.2, -0.15) is 0 Å². The number of rotatable bonds is 6. The fourth-order valence-electron chi connectivity index (χ4n) is 3.39. The van der Waals surface area contributed by atoms with Gasteiger partial charge in [0.2, 0.25) is 11.8 Å². The second-order valence-corrected chi connectivity index (χ2v) is 6.70. The Balaban J connectivity index is 1.64. The Kier molecular flexibility index (Phi) is 5.22. The van der Waals surface area contributed by atoms with Crippen LogP contribution in [0.3, 0.4) is 0 Å². The second-order valence-electron chi connectivity index (χ2n) is 6.70. The first-order valence-corrected chi connectivity index (χ1v) is 8.82. The number of likely N-dealkylation sites (tertiary alicyclic amines) is 1. The van der Waals surface area contributed by atoms with Gasteiger partial charge in [0, 0.05) is 44.6 Å². The number of hydrogen-bond acceptors (Lipinski definition) is 6. The molecule has 0 bridgehead atoms. The monoisotopic (exact) mass is 346 g/mol. The highest BCUT2D eigenvalue weighted by Gasteiger charge is 2.31. The first-order valence-electron chi connectivity index (χ1n) is 8.82. The Labute approximate surface area is 148 Å². The van der Waals surface area contributed by atoms with Crippen LogP contribution >= 0.6 is 0 Å². The lowest BCUT2D eigenvalue weighted by molar-refractivity contribution is -0.132. The van der Waals surface area contributed by atoms with Crippen LogP contribution in [0.2, 0.25) is 0 Å². The Hall–Kier alpha value is -2.15. The lowest BCUT2D eigenvalue weighted by Gasteiger charge is -2.27. The molecule has 0 aliphatic carbocycles. The molecule has 1 saturated heterocycles. The zero-order valence-electron chi connectivity index (χ0n) is 15.4. The Morgan fingerprint density at radius 3 is 2.84 bits per heavy atom. The summed E-state index contributed by atoms with van der Waals surface area (Å²) in [6.07, 6.45) is 3.50. The Morgan fingerprint density at radius 2 is 2.24 bits per heavy atom. The second kappa shape index (κ2) is 7.39.